The summed E-state index contributed by atoms with van der Waals surface area (Å²) in [5.74, 6) is 1.78. The summed E-state index contributed by atoms with van der Waals surface area (Å²) >= 11 is 0. The lowest BCUT2D eigenvalue weighted by Gasteiger charge is -2.09. The maximum atomic E-state index is 9.42. The fourth-order valence-electron chi connectivity index (χ4n) is 1.61. The van der Waals surface area contributed by atoms with Crippen LogP contribution in [0.5, 0.6) is 5.75 Å². The molecule has 1 unspecified atom stereocenters. The molecule has 1 aromatic carbocycles. The SMILES string of the molecule is CC(O)c1cccc(OCCC2CC2)c1. The number of hydrogen-bond acceptors (Lipinski definition) is 2. The summed E-state index contributed by atoms with van der Waals surface area (Å²) in [5, 5.41) is 9.42. The van der Waals surface area contributed by atoms with E-state index in [0.29, 0.717) is 0 Å². The van der Waals surface area contributed by atoms with Crippen molar-refractivity contribution in [2.45, 2.75) is 32.3 Å². The number of ether oxygens (including phenoxy) is 1. The molecule has 2 rings (SSSR count). The fourth-order valence-corrected chi connectivity index (χ4v) is 1.61. The Balaban J connectivity index is 1.86. The van der Waals surface area contributed by atoms with Gasteiger partial charge in [0, 0.05) is 0 Å². The topological polar surface area (TPSA) is 29.5 Å². The first-order valence-electron chi connectivity index (χ1n) is 5.66. The molecule has 0 saturated heterocycles. The van der Waals surface area contributed by atoms with E-state index in [-0.39, 0.29) is 0 Å². The van der Waals surface area contributed by atoms with Crippen LogP contribution >= 0.6 is 0 Å². The Hall–Kier alpha value is -1.02. The zero-order chi connectivity index (χ0) is 10.7. The van der Waals surface area contributed by atoms with Crippen LogP contribution in [-0.2, 0) is 0 Å². The van der Waals surface area contributed by atoms with Crippen LogP contribution < -0.4 is 4.74 Å². The average molecular weight is 206 g/mol. The van der Waals surface area contributed by atoms with Crippen molar-refractivity contribution in [3.8, 4) is 5.75 Å². The van der Waals surface area contributed by atoms with Gasteiger partial charge in [0.15, 0.2) is 0 Å². The van der Waals surface area contributed by atoms with Gasteiger partial charge in [-0.05, 0) is 37.0 Å². The Morgan fingerprint density at radius 3 is 2.93 bits per heavy atom. The molecule has 2 nitrogen and oxygen atoms in total. The third kappa shape index (κ3) is 3.24. The van der Waals surface area contributed by atoms with E-state index in [0.717, 1.165) is 23.8 Å². The molecule has 0 aliphatic heterocycles. The Labute approximate surface area is 90.9 Å². The van der Waals surface area contributed by atoms with Gasteiger partial charge < -0.3 is 9.84 Å². The van der Waals surface area contributed by atoms with Gasteiger partial charge in [0.05, 0.1) is 12.7 Å². The molecule has 0 aromatic heterocycles. The summed E-state index contributed by atoms with van der Waals surface area (Å²) in [5.41, 5.74) is 0.916. The molecule has 1 N–H and O–H groups in total. The number of benzene rings is 1. The van der Waals surface area contributed by atoms with E-state index in [1.807, 2.05) is 24.3 Å². The molecule has 1 fully saturated rings. The minimum atomic E-state index is -0.419. The minimum absolute atomic E-state index is 0.419. The number of aliphatic hydroxyl groups excluding tert-OH is 1. The molecule has 1 saturated carbocycles. The molecule has 1 aliphatic rings. The zero-order valence-corrected chi connectivity index (χ0v) is 9.15. The van der Waals surface area contributed by atoms with Crippen molar-refractivity contribution < 1.29 is 9.84 Å². The van der Waals surface area contributed by atoms with Crippen LogP contribution in [0.4, 0.5) is 0 Å². The van der Waals surface area contributed by atoms with Crippen LogP contribution in [0.25, 0.3) is 0 Å². The first-order valence-corrected chi connectivity index (χ1v) is 5.66. The highest BCUT2D eigenvalue weighted by Crippen LogP contribution is 2.32. The van der Waals surface area contributed by atoms with E-state index in [9.17, 15) is 5.11 Å². The second-order valence-corrected chi connectivity index (χ2v) is 4.33. The van der Waals surface area contributed by atoms with E-state index >= 15 is 0 Å². The molecule has 0 bridgehead atoms. The highest BCUT2D eigenvalue weighted by Gasteiger charge is 2.20. The molecule has 0 spiro atoms. The number of aliphatic hydroxyl groups is 1. The molecular weight excluding hydrogens is 188 g/mol. The van der Waals surface area contributed by atoms with Crippen LogP contribution in [0, 0.1) is 5.92 Å². The summed E-state index contributed by atoms with van der Waals surface area (Å²) in [7, 11) is 0. The Bertz CT molecular complexity index is 316. The average Bonchev–Trinajstić information content (AvgIpc) is 3.02. The summed E-state index contributed by atoms with van der Waals surface area (Å²) in [6.07, 6.45) is 3.49. The quantitative estimate of drug-likeness (QED) is 0.802. The predicted octanol–water partition coefficient (Wildman–Crippen LogP) is 2.92. The molecule has 1 aliphatic carbocycles. The third-order valence-corrected chi connectivity index (χ3v) is 2.83. The monoisotopic (exact) mass is 206 g/mol. The molecular formula is C13H18O2. The summed E-state index contributed by atoms with van der Waals surface area (Å²) < 4.78 is 5.64. The molecule has 0 heterocycles. The normalized spacial score (nSPS) is 17.5. The summed E-state index contributed by atoms with van der Waals surface area (Å²) in [4.78, 5) is 0. The second kappa shape index (κ2) is 4.67. The van der Waals surface area contributed by atoms with Gasteiger partial charge >= 0.3 is 0 Å². The standard InChI is InChI=1S/C13H18O2/c1-10(14)12-3-2-4-13(9-12)15-8-7-11-5-6-11/h2-4,9-11,14H,5-8H2,1H3. The maximum Gasteiger partial charge on any atom is 0.119 e. The Morgan fingerprint density at radius 2 is 2.27 bits per heavy atom. The van der Waals surface area contributed by atoms with E-state index in [1.165, 1.54) is 19.3 Å². The van der Waals surface area contributed by atoms with Crippen molar-refractivity contribution in [3.05, 3.63) is 29.8 Å². The van der Waals surface area contributed by atoms with Crippen molar-refractivity contribution >= 4 is 0 Å². The van der Waals surface area contributed by atoms with E-state index in [1.54, 1.807) is 6.92 Å². The predicted molar refractivity (Wildman–Crippen MR) is 59.9 cm³/mol. The Morgan fingerprint density at radius 1 is 1.47 bits per heavy atom. The van der Waals surface area contributed by atoms with Gasteiger partial charge in [-0.3, -0.25) is 0 Å². The molecule has 0 amide bonds. The van der Waals surface area contributed by atoms with Gasteiger partial charge in [-0.25, -0.2) is 0 Å². The largest absolute Gasteiger partial charge is 0.494 e. The molecule has 1 aromatic rings. The lowest BCUT2D eigenvalue weighted by Crippen LogP contribution is -1.99. The van der Waals surface area contributed by atoms with Crippen molar-refractivity contribution in [1.82, 2.24) is 0 Å². The highest BCUT2D eigenvalue weighted by molar-refractivity contribution is 5.29. The smallest absolute Gasteiger partial charge is 0.119 e. The van der Waals surface area contributed by atoms with Gasteiger partial charge in [-0.15, -0.1) is 0 Å². The van der Waals surface area contributed by atoms with Gasteiger partial charge in [0.25, 0.3) is 0 Å². The van der Waals surface area contributed by atoms with Crippen molar-refractivity contribution in [2.75, 3.05) is 6.61 Å². The molecule has 82 valence electrons. The van der Waals surface area contributed by atoms with Gasteiger partial charge in [0.1, 0.15) is 5.75 Å². The fraction of sp³-hybridized carbons (Fsp3) is 0.538. The van der Waals surface area contributed by atoms with Gasteiger partial charge in [0.2, 0.25) is 0 Å². The van der Waals surface area contributed by atoms with Gasteiger partial charge in [-0.2, -0.15) is 0 Å². The van der Waals surface area contributed by atoms with Crippen molar-refractivity contribution in [3.63, 3.8) is 0 Å². The van der Waals surface area contributed by atoms with E-state index < -0.39 is 6.10 Å². The molecule has 2 heteroatoms. The summed E-state index contributed by atoms with van der Waals surface area (Å²) in [6.45, 7) is 2.57. The lowest BCUT2D eigenvalue weighted by atomic mass is 10.1. The molecule has 15 heavy (non-hydrogen) atoms. The maximum absolute atomic E-state index is 9.42. The first-order chi connectivity index (χ1) is 7.25. The van der Waals surface area contributed by atoms with Crippen molar-refractivity contribution in [1.29, 1.82) is 0 Å². The minimum Gasteiger partial charge on any atom is -0.494 e. The first kappa shape index (κ1) is 10.5. The summed E-state index contributed by atoms with van der Waals surface area (Å²) in [6, 6.07) is 7.70. The lowest BCUT2D eigenvalue weighted by molar-refractivity contribution is 0.198. The number of hydrogen-bond donors (Lipinski definition) is 1. The van der Waals surface area contributed by atoms with Crippen molar-refractivity contribution in [2.24, 2.45) is 5.92 Å². The molecule has 1 atom stereocenters. The Kier molecular flexibility index (Phi) is 3.27. The zero-order valence-electron chi connectivity index (χ0n) is 9.15. The van der Waals surface area contributed by atoms with Crippen LogP contribution in [0.3, 0.4) is 0 Å². The van der Waals surface area contributed by atoms with Crippen LogP contribution in [-0.4, -0.2) is 11.7 Å². The molecule has 0 radical (unpaired) electrons. The third-order valence-electron chi connectivity index (χ3n) is 2.83. The second-order valence-electron chi connectivity index (χ2n) is 4.33. The van der Waals surface area contributed by atoms with Crippen LogP contribution in [0.2, 0.25) is 0 Å². The van der Waals surface area contributed by atoms with Gasteiger partial charge in [-0.1, -0.05) is 25.0 Å². The highest BCUT2D eigenvalue weighted by atomic mass is 16.5. The van der Waals surface area contributed by atoms with Crippen LogP contribution in [0.15, 0.2) is 24.3 Å². The number of rotatable bonds is 5. The van der Waals surface area contributed by atoms with E-state index in [4.69, 9.17) is 4.74 Å². The van der Waals surface area contributed by atoms with Crippen LogP contribution in [0.1, 0.15) is 37.9 Å². The van der Waals surface area contributed by atoms with E-state index in [2.05, 4.69) is 0 Å².